The zero-order valence-corrected chi connectivity index (χ0v) is 5.34. The first-order valence-corrected chi connectivity index (χ1v) is 2.37. The molecule has 0 aromatic carbocycles. The molecule has 0 aliphatic heterocycles. The maximum absolute atomic E-state index is 10.5. The Morgan fingerprint density at radius 3 is 2.33 bits per heavy atom. The van der Waals surface area contributed by atoms with Crippen LogP contribution in [0, 0.1) is 16.7 Å². The highest BCUT2D eigenvalue weighted by Crippen LogP contribution is 2.13. The summed E-state index contributed by atoms with van der Waals surface area (Å²) in [4.78, 5) is 14.3. The second-order valence-corrected chi connectivity index (χ2v) is 2.14. The van der Waals surface area contributed by atoms with Gasteiger partial charge in [-0.1, -0.05) is 0 Å². The number of hydrogen-bond donors (Lipinski definition) is 1. The van der Waals surface area contributed by atoms with Crippen molar-refractivity contribution >= 4 is 5.97 Å². The molecule has 50 valence electrons. The standard InChI is InChI=1S/C5H8N2O2/c1-5(2,3-6)4(8)9-7/h7H2,1-2H3. The molecule has 4 heteroatoms. The molecule has 0 aromatic heterocycles. The molecule has 0 aromatic rings. The largest absolute Gasteiger partial charge is 0.372 e. The van der Waals surface area contributed by atoms with E-state index < -0.39 is 11.4 Å². The fourth-order valence-corrected chi connectivity index (χ4v) is 0.193. The Morgan fingerprint density at radius 2 is 2.22 bits per heavy atom. The number of hydrogen-bond acceptors (Lipinski definition) is 4. The molecule has 0 aliphatic carbocycles. The minimum atomic E-state index is -1.13. The summed E-state index contributed by atoms with van der Waals surface area (Å²) in [6.45, 7) is 2.87. The Kier molecular flexibility index (Phi) is 2.17. The Hall–Kier alpha value is -1.08. The molecule has 9 heavy (non-hydrogen) atoms. The van der Waals surface area contributed by atoms with Gasteiger partial charge in [0.05, 0.1) is 6.07 Å². The highest BCUT2D eigenvalue weighted by molar-refractivity contribution is 5.78. The van der Waals surface area contributed by atoms with Gasteiger partial charge >= 0.3 is 5.97 Å². The Morgan fingerprint density at radius 1 is 1.78 bits per heavy atom. The van der Waals surface area contributed by atoms with Crippen LogP contribution in [0.5, 0.6) is 0 Å². The van der Waals surface area contributed by atoms with Gasteiger partial charge in [0, 0.05) is 0 Å². The summed E-state index contributed by atoms with van der Waals surface area (Å²) >= 11 is 0. The summed E-state index contributed by atoms with van der Waals surface area (Å²) in [6, 6.07) is 1.74. The van der Waals surface area contributed by atoms with Crippen LogP contribution in [-0.2, 0) is 9.63 Å². The Balaban J connectivity index is 4.19. The third kappa shape index (κ3) is 1.70. The van der Waals surface area contributed by atoms with Crippen molar-refractivity contribution in [2.45, 2.75) is 13.8 Å². The fraction of sp³-hybridized carbons (Fsp3) is 0.600. The molecule has 0 spiro atoms. The van der Waals surface area contributed by atoms with E-state index in [-0.39, 0.29) is 0 Å². The van der Waals surface area contributed by atoms with E-state index in [4.69, 9.17) is 5.26 Å². The smallest absolute Gasteiger partial charge is 0.344 e. The van der Waals surface area contributed by atoms with Crippen LogP contribution in [0.15, 0.2) is 0 Å². The van der Waals surface area contributed by atoms with E-state index in [1.165, 1.54) is 13.8 Å². The fourth-order valence-electron chi connectivity index (χ4n) is 0.193. The first-order chi connectivity index (χ1) is 4.04. The Bertz CT molecular complexity index is 157. The van der Waals surface area contributed by atoms with Gasteiger partial charge in [0.15, 0.2) is 5.41 Å². The zero-order chi connectivity index (χ0) is 7.49. The van der Waals surface area contributed by atoms with E-state index in [0.717, 1.165) is 0 Å². The van der Waals surface area contributed by atoms with Gasteiger partial charge < -0.3 is 4.84 Å². The number of carbonyl (C=O) groups excluding carboxylic acids is 1. The number of carbonyl (C=O) groups is 1. The van der Waals surface area contributed by atoms with E-state index >= 15 is 0 Å². The summed E-state index contributed by atoms with van der Waals surface area (Å²) < 4.78 is 0. The van der Waals surface area contributed by atoms with Gasteiger partial charge in [0.2, 0.25) is 0 Å². The molecular formula is C5H8N2O2. The molecule has 0 rings (SSSR count). The van der Waals surface area contributed by atoms with Gasteiger partial charge in [-0.3, -0.25) is 0 Å². The first-order valence-electron chi connectivity index (χ1n) is 2.37. The van der Waals surface area contributed by atoms with Crippen molar-refractivity contribution in [3.63, 3.8) is 0 Å². The minimum absolute atomic E-state index is 0.718. The molecule has 0 saturated carbocycles. The van der Waals surface area contributed by atoms with Gasteiger partial charge in [-0.2, -0.15) is 11.2 Å². The topological polar surface area (TPSA) is 76.1 Å². The van der Waals surface area contributed by atoms with Gasteiger partial charge in [-0.15, -0.1) is 0 Å². The third-order valence-electron chi connectivity index (χ3n) is 0.897. The monoisotopic (exact) mass is 128 g/mol. The third-order valence-corrected chi connectivity index (χ3v) is 0.897. The zero-order valence-electron chi connectivity index (χ0n) is 5.34. The highest BCUT2D eigenvalue weighted by atomic mass is 16.7. The second kappa shape index (κ2) is 2.46. The SMILES string of the molecule is CC(C)(C#N)C(=O)ON. The molecule has 0 fully saturated rings. The predicted molar refractivity (Wildman–Crippen MR) is 29.7 cm³/mol. The molecular weight excluding hydrogens is 120 g/mol. The van der Waals surface area contributed by atoms with Crippen LogP contribution < -0.4 is 5.90 Å². The summed E-state index contributed by atoms with van der Waals surface area (Å²) in [5, 5.41) is 8.29. The quantitative estimate of drug-likeness (QED) is 0.502. The van der Waals surface area contributed by atoms with Crippen LogP contribution in [0.3, 0.4) is 0 Å². The molecule has 0 unspecified atom stereocenters. The van der Waals surface area contributed by atoms with Crippen LogP contribution in [0.2, 0.25) is 0 Å². The number of nitrogens with two attached hydrogens (primary N) is 1. The van der Waals surface area contributed by atoms with E-state index in [1.54, 1.807) is 6.07 Å². The first kappa shape index (κ1) is 7.92. The van der Waals surface area contributed by atoms with E-state index in [0.29, 0.717) is 0 Å². The van der Waals surface area contributed by atoms with Gasteiger partial charge in [0.25, 0.3) is 0 Å². The molecule has 0 bridgehead atoms. The predicted octanol–water partition coefficient (Wildman–Crippen LogP) is -0.0469. The molecule has 4 nitrogen and oxygen atoms in total. The summed E-state index contributed by atoms with van der Waals surface area (Å²) in [7, 11) is 0. The second-order valence-electron chi connectivity index (χ2n) is 2.14. The summed E-state index contributed by atoms with van der Waals surface area (Å²) in [6.07, 6.45) is 0. The van der Waals surface area contributed by atoms with Crippen molar-refractivity contribution < 1.29 is 9.63 Å². The lowest BCUT2D eigenvalue weighted by molar-refractivity contribution is -0.151. The molecule has 0 radical (unpaired) electrons. The minimum Gasteiger partial charge on any atom is -0.372 e. The van der Waals surface area contributed by atoms with Crippen molar-refractivity contribution in [2.24, 2.45) is 11.3 Å². The van der Waals surface area contributed by atoms with Crippen LogP contribution in [-0.4, -0.2) is 5.97 Å². The van der Waals surface area contributed by atoms with Gasteiger partial charge in [0.1, 0.15) is 0 Å². The molecule has 2 N–H and O–H groups in total. The molecule has 0 saturated heterocycles. The molecule has 0 atom stereocenters. The number of nitriles is 1. The lowest BCUT2D eigenvalue weighted by atomic mass is 9.97. The van der Waals surface area contributed by atoms with E-state index in [2.05, 4.69) is 10.7 Å². The maximum Gasteiger partial charge on any atom is 0.344 e. The van der Waals surface area contributed by atoms with Crippen molar-refractivity contribution in [2.75, 3.05) is 0 Å². The van der Waals surface area contributed by atoms with Crippen molar-refractivity contribution in [3.05, 3.63) is 0 Å². The maximum atomic E-state index is 10.5. The average Bonchev–Trinajstić information content (AvgIpc) is 1.86. The number of rotatable bonds is 1. The van der Waals surface area contributed by atoms with Crippen molar-refractivity contribution in [3.8, 4) is 6.07 Å². The van der Waals surface area contributed by atoms with Crippen LogP contribution in [0.1, 0.15) is 13.8 Å². The van der Waals surface area contributed by atoms with Gasteiger partial charge in [-0.25, -0.2) is 4.79 Å². The van der Waals surface area contributed by atoms with Crippen LogP contribution in [0.25, 0.3) is 0 Å². The number of nitrogens with zero attached hydrogens (tertiary/aromatic N) is 1. The normalized spacial score (nSPS) is 10.0. The Labute approximate surface area is 53.2 Å². The molecule has 0 heterocycles. The summed E-state index contributed by atoms with van der Waals surface area (Å²) in [5.74, 6) is 3.82. The van der Waals surface area contributed by atoms with Crippen molar-refractivity contribution in [1.29, 1.82) is 5.26 Å². The van der Waals surface area contributed by atoms with E-state index in [9.17, 15) is 4.79 Å². The van der Waals surface area contributed by atoms with Crippen LogP contribution >= 0.6 is 0 Å². The lowest BCUT2D eigenvalue weighted by Crippen LogP contribution is -2.27. The van der Waals surface area contributed by atoms with Gasteiger partial charge in [-0.05, 0) is 13.8 Å². The van der Waals surface area contributed by atoms with Crippen LogP contribution in [0.4, 0.5) is 0 Å². The molecule has 0 aliphatic rings. The van der Waals surface area contributed by atoms with E-state index in [1.807, 2.05) is 0 Å². The van der Waals surface area contributed by atoms with Crippen molar-refractivity contribution in [1.82, 2.24) is 0 Å². The molecule has 0 amide bonds. The summed E-state index contributed by atoms with van der Waals surface area (Å²) in [5.41, 5.74) is -1.13. The highest BCUT2D eigenvalue weighted by Gasteiger charge is 2.28. The lowest BCUT2D eigenvalue weighted by Gasteiger charge is -2.08. The average molecular weight is 128 g/mol.